The fraction of sp³-hybridized carbons (Fsp3) is 0.267. The van der Waals surface area contributed by atoms with Crippen molar-refractivity contribution in [3.8, 4) is 0 Å². The Kier molecular flexibility index (Phi) is 4.93. The van der Waals surface area contributed by atoms with Gasteiger partial charge in [0.25, 0.3) is 5.56 Å². The van der Waals surface area contributed by atoms with Crippen molar-refractivity contribution < 1.29 is 4.79 Å². The van der Waals surface area contributed by atoms with E-state index in [1.54, 1.807) is 22.3 Å². The Hall–Kier alpha value is -1.51. The third kappa shape index (κ3) is 3.54. The lowest BCUT2D eigenvalue weighted by Crippen LogP contribution is -2.35. The van der Waals surface area contributed by atoms with E-state index in [0.717, 1.165) is 8.66 Å². The number of thiophene rings is 2. The molecule has 0 spiro atoms. The number of hydrogen-bond donors (Lipinski definition) is 0. The molecule has 0 unspecified atom stereocenters. The minimum atomic E-state index is -0.167. The van der Waals surface area contributed by atoms with Gasteiger partial charge in [-0.25, -0.2) is 4.98 Å². The molecule has 0 saturated heterocycles. The van der Waals surface area contributed by atoms with E-state index in [0.29, 0.717) is 23.3 Å². The predicted octanol–water partition coefficient (Wildman–Crippen LogP) is 3.33. The van der Waals surface area contributed by atoms with E-state index in [4.69, 9.17) is 0 Å². The van der Waals surface area contributed by atoms with Crippen molar-refractivity contribution >= 4 is 54.7 Å². The molecule has 3 heterocycles. The Bertz CT molecular complexity index is 899. The molecule has 3 aromatic heterocycles. The number of likely N-dealkylation sites (N-methyl/N-ethyl adjacent to an activating group) is 1. The Morgan fingerprint density at radius 1 is 1.39 bits per heavy atom. The van der Waals surface area contributed by atoms with E-state index in [2.05, 4.69) is 20.9 Å². The van der Waals surface area contributed by atoms with Crippen molar-refractivity contribution in [2.24, 2.45) is 0 Å². The molecule has 0 fully saturated rings. The summed E-state index contributed by atoms with van der Waals surface area (Å²) in [6.45, 7) is 3.09. The second-order valence-electron chi connectivity index (χ2n) is 4.93. The molecular formula is C15H14BrN3O2S2. The average Bonchev–Trinajstić information content (AvgIpc) is 3.16. The van der Waals surface area contributed by atoms with Crippen LogP contribution in [0, 0.1) is 0 Å². The molecular weight excluding hydrogens is 398 g/mol. The molecule has 8 heteroatoms. The van der Waals surface area contributed by atoms with Gasteiger partial charge < -0.3 is 4.90 Å². The Labute approximate surface area is 149 Å². The lowest BCUT2D eigenvalue weighted by atomic mass is 10.3. The first-order chi connectivity index (χ1) is 11.1. The summed E-state index contributed by atoms with van der Waals surface area (Å²) in [6.07, 6.45) is 1.45. The second-order valence-corrected chi connectivity index (χ2v) is 8.37. The van der Waals surface area contributed by atoms with Crippen LogP contribution in [0.5, 0.6) is 0 Å². The molecule has 0 N–H and O–H groups in total. The van der Waals surface area contributed by atoms with E-state index in [9.17, 15) is 9.59 Å². The van der Waals surface area contributed by atoms with Gasteiger partial charge in [-0.3, -0.25) is 14.2 Å². The molecule has 3 rings (SSSR count). The molecule has 0 aliphatic carbocycles. The number of halogens is 1. The first-order valence-corrected chi connectivity index (χ1v) is 9.52. The molecule has 0 saturated carbocycles. The largest absolute Gasteiger partial charge is 0.336 e. The van der Waals surface area contributed by atoms with Gasteiger partial charge in [0.05, 0.1) is 22.0 Å². The molecule has 3 aromatic rings. The van der Waals surface area contributed by atoms with Crippen molar-refractivity contribution in [3.63, 3.8) is 0 Å². The van der Waals surface area contributed by atoms with Crippen molar-refractivity contribution in [2.45, 2.75) is 20.0 Å². The van der Waals surface area contributed by atoms with Crippen molar-refractivity contribution in [2.75, 3.05) is 6.54 Å². The van der Waals surface area contributed by atoms with Crippen LogP contribution in [0.2, 0.25) is 0 Å². The SMILES string of the molecule is CCN(Cc1ccc(Br)s1)C(=O)Cn1cnc2sccc2c1=O. The average molecular weight is 412 g/mol. The summed E-state index contributed by atoms with van der Waals surface area (Å²) in [7, 11) is 0. The molecule has 0 bridgehead atoms. The van der Waals surface area contributed by atoms with Gasteiger partial charge in [-0.05, 0) is 46.4 Å². The second kappa shape index (κ2) is 6.94. The molecule has 23 heavy (non-hydrogen) atoms. The first kappa shape index (κ1) is 16.4. The smallest absolute Gasteiger partial charge is 0.262 e. The van der Waals surface area contributed by atoms with Crippen LogP contribution in [0.15, 0.2) is 38.5 Å². The molecule has 0 aromatic carbocycles. The van der Waals surface area contributed by atoms with Crippen LogP contribution in [0.1, 0.15) is 11.8 Å². The van der Waals surface area contributed by atoms with Gasteiger partial charge in [0, 0.05) is 11.4 Å². The third-order valence-corrected chi connectivity index (χ3v) is 5.90. The van der Waals surface area contributed by atoms with Gasteiger partial charge >= 0.3 is 0 Å². The summed E-state index contributed by atoms with van der Waals surface area (Å²) in [5, 5.41) is 2.40. The highest BCUT2D eigenvalue weighted by molar-refractivity contribution is 9.11. The summed E-state index contributed by atoms with van der Waals surface area (Å²) in [5.74, 6) is -0.0875. The monoisotopic (exact) mass is 411 g/mol. The van der Waals surface area contributed by atoms with Crippen LogP contribution >= 0.6 is 38.6 Å². The topological polar surface area (TPSA) is 55.2 Å². The first-order valence-electron chi connectivity index (χ1n) is 7.03. The fourth-order valence-corrected chi connectivity index (χ4v) is 4.48. The molecule has 5 nitrogen and oxygen atoms in total. The number of carbonyl (C=O) groups excluding carboxylic acids is 1. The zero-order chi connectivity index (χ0) is 16.4. The number of amides is 1. The van der Waals surface area contributed by atoms with Gasteiger partial charge in [-0.1, -0.05) is 0 Å². The van der Waals surface area contributed by atoms with Crippen molar-refractivity contribution in [3.05, 3.63) is 48.9 Å². The van der Waals surface area contributed by atoms with Crippen LogP contribution in [0.3, 0.4) is 0 Å². The highest BCUT2D eigenvalue weighted by atomic mass is 79.9. The van der Waals surface area contributed by atoms with Gasteiger partial charge in [0.1, 0.15) is 11.4 Å². The van der Waals surface area contributed by atoms with E-state index in [-0.39, 0.29) is 18.0 Å². The van der Waals surface area contributed by atoms with Gasteiger partial charge in [0.15, 0.2) is 0 Å². The number of fused-ring (bicyclic) bond motifs is 1. The highest BCUT2D eigenvalue weighted by Crippen LogP contribution is 2.23. The molecule has 0 aliphatic rings. The Balaban J connectivity index is 1.78. The molecule has 1 amide bonds. The van der Waals surface area contributed by atoms with Gasteiger partial charge in [0.2, 0.25) is 5.91 Å². The Morgan fingerprint density at radius 2 is 2.22 bits per heavy atom. The summed E-state index contributed by atoms with van der Waals surface area (Å²) in [4.78, 5) is 32.6. The summed E-state index contributed by atoms with van der Waals surface area (Å²) >= 11 is 6.45. The fourth-order valence-electron chi connectivity index (χ4n) is 2.25. The van der Waals surface area contributed by atoms with E-state index in [1.165, 1.54) is 22.2 Å². The molecule has 120 valence electrons. The maximum atomic E-state index is 12.5. The zero-order valence-corrected chi connectivity index (χ0v) is 15.6. The van der Waals surface area contributed by atoms with Crippen LogP contribution in [-0.4, -0.2) is 26.9 Å². The van der Waals surface area contributed by atoms with Crippen molar-refractivity contribution in [1.29, 1.82) is 0 Å². The predicted molar refractivity (Wildman–Crippen MR) is 97.0 cm³/mol. The minimum Gasteiger partial charge on any atom is -0.336 e. The molecule has 0 radical (unpaired) electrons. The number of nitrogens with zero attached hydrogens (tertiary/aromatic N) is 3. The maximum Gasteiger partial charge on any atom is 0.262 e. The van der Waals surface area contributed by atoms with Crippen molar-refractivity contribution in [1.82, 2.24) is 14.5 Å². The number of aromatic nitrogens is 2. The lowest BCUT2D eigenvalue weighted by molar-refractivity contribution is -0.132. The lowest BCUT2D eigenvalue weighted by Gasteiger charge is -2.20. The maximum absolute atomic E-state index is 12.5. The number of hydrogen-bond acceptors (Lipinski definition) is 5. The van der Waals surface area contributed by atoms with Crippen LogP contribution in [0.25, 0.3) is 10.2 Å². The van der Waals surface area contributed by atoms with Gasteiger partial charge in [-0.15, -0.1) is 22.7 Å². The summed E-state index contributed by atoms with van der Waals surface area (Å²) in [5.41, 5.74) is -0.167. The van der Waals surface area contributed by atoms with Crippen LogP contribution < -0.4 is 5.56 Å². The van der Waals surface area contributed by atoms with Crippen LogP contribution in [0.4, 0.5) is 0 Å². The minimum absolute atomic E-state index is 0.0119. The number of carbonyl (C=O) groups is 1. The Morgan fingerprint density at radius 3 is 2.91 bits per heavy atom. The summed E-state index contributed by atoms with van der Waals surface area (Å²) in [6, 6.07) is 5.71. The third-order valence-electron chi connectivity index (χ3n) is 3.47. The normalized spacial score (nSPS) is 11.0. The quantitative estimate of drug-likeness (QED) is 0.646. The molecule has 0 atom stereocenters. The zero-order valence-electron chi connectivity index (χ0n) is 12.4. The van der Waals surface area contributed by atoms with Gasteiger partial charge in [-0.2, -0.15) is 0 Å². The van der Waals surface area contributed by atoms with E-state index in [1.807, 2.05) is 24.4 Å². The molecule has 0 aliphatic heterocycles. The van der Waals surface area contributed by atoms with Crippen LogP contribution in [-0.2, 0) is 17.9 Å². The summed E-state index contributed by atoms with van der Waals surface area (Å²) < 4.78 is 2.42. The van der Waals surface area contributed by atoms with E-state index < -0.39 is 0 Å². The van der Waals surface area contributed by atoms with E-state index >= 15 is 0 Å². The standard InChI is InChI=1S/C15H14BrN3O2S2/c1-2-18(7-10-3-4-12(16)23-10)13(20)8-19-9-17-14-11(15(19)21)5-6-22-14/h3-6,9H,2,7-8H2,1H3. The highest BCUT2D eigenvalue weighted by Gasteiger charge is 2.15. The number of rotatable bonds is 5.